The highest BCUT2D eigenvalue weighted by molar-refractivity contribution is 6.21. The number of amides is 2. The van der Waals surface area contributed by atoms with Crippen molar-refractivity contribution in [3.05, 3.63) is 69.8 Å². The molecule has 0 N–H and O–H groups in total. The Morgan fingerprint density at radius 2 is 1.29 bits per heavy atom. The lowest BCUT2D eigenvalue weighted by Crippen LogP contribution is -2.37. The van der Waals surface area contributed by atoms with Crippen molar-refractivity contribution in [3.63, 3.8) is 0 Å². The van der Waals surface area contributed by atoms with E-state index in [9.17, 15) is 9.59 Å². The Morgan fingerprint density at radius 3 is 1.71 bits per heavy atom. The lowest BCUT2D eigenvalue weighted by Gasteiger charge is -2.32. The third-order valence-corrected chi connectivity index (χ3v) is 4.77. The summed E-state index contributed by atoms with van der Waals surface area (Å²) in [5, 5.41) is 0. The SMILES string of the molecule is Cc1cc(C)c(C(C(C)C)N2C(=O)c3ccccc3C2=O)c(C)c1. The number of fused-ring (bicyclic) bond motifs is 1. The smallest absolute Gasteiger partial charge is 0.262 e. The van der Waals surface area contributed by atoms with Gasteiger partial charge in [-0.2, -0.15) is 0 Å². The van der Waals surface area contributed by atoms with Gasteiger partial charge in [-0.1, -0.05) is 43.7 Å². The second-order valence-corrected chi connectivity index (χ2v) is 7.03. The van der Waals surface area contributed by atoms with Crippen LogP contribution in [0, 0.1) is 26.7 Å². The normalized spacial score (nSPS) is 15.2. The Labute approximate surface area is 143 Å². The van der Waals surface area contributed by atoms with Crippen molar-refractivity contribution in [1.29, 1.82) is 0 Å². The predicted molar refractivity (Wildman–Crippen MR) is 95.2 cm³/mol. The molecule has 3 rings (SSSR count). The van der Waals surface area contributed by atoms with Gasteiger partial charge in [-0.15, -0.1) is 0 Å². The molecule has 1 aliphatic heterocycles. The van der Waals surface area contributed by atoms with Crippen LogP contribution in [0.25, 0.3) is 0 Å². The first-order valence-corrected chi connectivity index (χ1v) is 8.37. The number of hydrogen-bond donors (Lipinski definition) is 0. The van der Waals surface area contributed by atoms with E-state index >= 15 is 0 Å². The van der Waals surface area contributed by atoms with E-state index in [0.717, 1.165) is 16.7 Å². The van der Waals surface area contributed by atoms with Crippen molar-refractivity contribution in [2.45, 2.75) is 40.7 Å². The molecule has 1 heterocycles. The Bertz CT molecular complexity index is 777. The van der Waals surface area contributed by atoms with Gasteiger partial charge >= 0.3 is 0 Å². The Morgan fingerprint density at radius 1 is 0.833 bits per heavy atom. The number of hydrogen-bond acceptors (Lipinski definition) is 2. The van der Waals surface area contributed by atoms with E-state index in [4.69, 9.17) is 0 Å². The third-order valence-electron chi connectivity index (χ3n) is 4.77. The van der Waals surface area contributed by atoms with Crippen LogP contribution in [-0.2, 0) is 0 Å². The molecule has 0 saturated heterocycles. The van der Waals surface area contributed by atoms with Crippen LogP contribution >= 0.6 is 0 Å². The topological polar surface area (TPSA) is 37.4 Å². The van der Waals surface area contributed by atoms with E-state index in [1.54, 1.807) is 24.3 Å². The first-order valence-electron chi connectivity index (χ1n) is 8.37. The highest BCUT2D eigenvalue weighted by atomic mass is 16.2. The van der Waals surface area contributed by atoms with Crippen molar-refractivity contribution in [1.82, 2.24) is 4.90 Å². The summed E-state index contributed by atoms with van der Waals surface area (Å²) in [6.45, 7) is 10.3. The van der Waals surface area contributed by atoms with Crippen LogP contribution in [0.4, 0.5) is 0 Å². The van der Waals surface area contributed by atoms with Crippen LogP contribution in [0.5, 0.6) is 0 Å². The Balaban J connectivity index is 2.16. The fraction of sp³-hybridized carbons (Fsp3) is 0.333. The maximum Gasteiger partial charge on any atom is 0.262 e. The average Bonchev–Trinajstić information content (AvgIpc) is 2.75. The predicted octanol–water partition coefficient (Wildman–Crippen LogP) is 4.61. The van der Waals surface area contributed by atoms with Crippen molar-refractivity contribution in [2.24, 2.45) is 5.92 Å². The summed E-state index contributed by atoms with van der Waals surface area (Å²) in [5.74, 6) is -0.241. The summed E-state index contributed by atoms with van der Waals surface area (Å²) in [5.41, 5.74) is 5.56. The van der Waals surface area contributed by atoms with Gasteiger partial charge in [0.1, 0.15) is 0 Å². The van der Waals surface area contributed by atoms with E-state index in [-0.39, 0.29) is 23.8 Å². The van der Waals surface area contributed by atoms with E-state index in [0.29, 0.717) is 11.1 Å². The number of nitrogens with zero attached hydrogens (tertiary/aromatic N) is 1. The molecular weight excluding hydrogens is 298 g/mol. The van der Waals surface area contributed by atoms with Crippen molar-refractivity contribution in [3.8, 4) is 0 Å². The van der Waals surface area contributed by atoms with Gasteiger partial charge in [0.25, 0.3) is 11.8 Å². The first-order chi connectivity index (χ1) is 11.3. The van der Waals surface area contributed by atoms with Gasteiger partial charge in [0.15, 0.2) is 0 Å². The van der Waals surface area contributed by atoms with Crippen molar-refractivity contribution < 1.29 is 9.59 Å². The number of carbonyl (C=O) groups excluding carboxylic acids is 2. The molecule has 0 fully saturated rings. The zero-order valence-electron chi connectivity index (χ0n) is 14.9. The van der Waals surface area contributed by atoms with Crippen LogP contribution in [0.15, 0.2) is 36.4 Å². The minimum atomic E-state index is -0.252. The quantitative estimate of drug-likeness (QED) is 0.774. The van der Waals surface area contributed by atoms with Crippen LogP contribution in [0.3, 0.4) is 0 Å². The first kappa shape index (κ1) is 16.4. The summed E-state index contributed by atoms with van der Waals surface area (Å²) in [4.78, 5) is 27.3. The van der Waals surface area contributed by atoms with E-state index in [2.05, 4.69) is 46.8 Å². The number of rotatable bonds is 3. The van der Waals surface area contributed by atoms with Gasteiger partial charge in [-0.25, -0.2) is 0 Å². The lowest BCUT2D eigenvalue weighted by molar-refractivity contribution is 0.0537. The van der Waals surface area contributed by atoms with Gasteiger partial charge in [-0.05, 0) is 55.5 Å². The van der Waals surface area contributed by atoms with Crippen molar-refractivity contribution in [2.75, 3.05) is 0 Å². The molecule has 0 saturated carbocycles. The molecule has 0 spiro atoms. The summed E-state index contributed by atoms with van der Waals surface area (Å²) < 4.78 is 0. The molecule has 124 valence electrons. The molecule has 3 heteroatoms. The molecule has 24 heavy (non-hydrogen) atoms. The van der Waals surface area contributed by atoms with E-state index < -0.39 is 0 Å². The monoisotopic (exact) mass is 321 g/mol. The number of carbonyl (C=O) groups is 2. The minimum Gasteiger partial charge on any atom is -0.269 e. The van der Waals surface area contributed by atoms with Gasteiger partial charge in [-0.3, -0.25) is 14.5 Å². The Hall–Kier alpha value is -2.42. The molecule has 2 amide bonds. The maximum atomic E-state index is 12.9. The van der Waals surface area contributed by atoms with Gasteiger partial charge < -0.3 is 0 Å². The second-order valence-electron chi connectivity index (χ2n) is 7.03. The molecule has 2 aromatic carbocycles. The van der Waals surface area contributed by atoms with Crippen LogP contribution < -0.4 is 0 Å². The highest BCUT2D eigenvalue weighted by Crippen LogP contribution is 2.38. The fourth-order valence-electron chi connectivity index (χ4n) is 3.88. The number of benzene rings is 2. The molecule has 3 nitrogen and oxygen atoms in total. The molecule has 1 atom stereocenters. The van der Waals surface area contributed by atoms with Gasteiger partial charge in [0, 0.05) is 0 Å². The molecule has 1 unspecified atom stereocenters. The Kier molecular flexibility index (Phi) is 4.04. The molecular formula is C21H23NO2. The van der Waals surface area contributed by atoms with Gasteiger partial charge in [0.2, 0.25) is 0 Å². The molecule has 0 bridgehead atoms. The second kappa shape index (κ2) is 5.90. The molecule has 2 aromatic rings. The van der Waals surface area contributed by atoms with Crippen LogP contribution in [-0.4, -0.2) is 16.7 Å². The molecule has 0 aliphatic carbocycles. The molecule has 1 aliphatic rings. The summed E-state index contributed by atoms with van der Waals surface area (Å²) >= 11 is 0. The number of aryl methyl sites for hydroxylation is 3. The summed E-state index contributed by atoms with van der Waals surface area (Å²) in [6, 6.07) is 11.1. The standard InChI is InChI=1S/C21H23NO2/c1-12(2)19(18-14(4)10-13(3)11-15(18)5)22-20(23)16-8-6-7-9-17(16)21(22)24/h6-12,19H,1-5H3. The van der Waals surface area contributed by atoms with Crippen LogP contribution in [0.2, 0.25) is 0 Å². The van der Waals surface area contributed by atoms with Gasteiger partial charge in [0.05, 0.1) is 17.2 Å². The fourth-order valence-corrected chi connectivity index (χ4v) is 3.88. The molecule has 0 radical (unpaired) electrons. The zero-order valence-corrected chi connectivity index (χ0v) is 14.9. The largest absolute Gasteiger partial charge is 0.269 e. The summed E-state index contributed by atoms with van der Waals surface area (Å²) in [7, 11) is 0. The highest BCUT2D eigenvalue weighted by Gasteiger charge is 2.42. The van der Waals surface area contributed by atoms with E-state index in [1.807, 2.05) is 0 Å². The third kappa shape index (κ3) is 2.44. The zero-order chi connectivity index (χ0) is 17.6. The molecule has 0 aromatic heterocycles. The van der Waals surface area contributed by atoms with E-state index in [1.165, 1.54) is 10.5 Å². The van der Waals surface area contributed by atoms with Crippen LogP contribution in [0.1, 0.15) is 62.9 Å². The maximum absolute atomic E-state index is 12.9. The van der Waals surface area contributed by atoms with Crippen molar-refractivity contribution >= 4 is 11.8 Å². The number of imide groups is 1. The average molecular weight is 321 g/mol. The lowest BCUT2D eigenvalue weighted by atomic mass is 9.87. The summed E-state index contributed by atoms with van der Waals surface area (Å²) in [6.07, 6.45) is 0. The minimum absolute atomic E-state index is 0.132.